The molecule has 12 heteroatoms. The van der Waals surface area contributed by atoms with Crippen LogP contribution in [0.25, 0.3) is 10.8 Å². The molecule has 1 amide bonds. The summed E-state index contributed by atoms with van der Waals surface area (Å²) in [5.41, 5.74) is -6.74. The number of anilines is 1. The van der Waals surface area contributed by atoms with E-state index in [1.807, 2.05) is 0 Å². The number of rotatable bonds is 5. The van der Waals surface area contributed by atoms with Crippen molar-refractivity contribution in [1.82, 2.24) is 5.16 Å². The van der Waals surface area contributed by atoms with E-state index < -0.39 is 64.0 Å². The van der Waals surface area contributed by atoms with E-state index in [2.05, 4.69) is 9.68 Å². The standard InChI is InChI=1S/C21H16F6N2O4/c1-11(12-5-3-2-4-6-12)10-19(32,21(25,26)27)18(31)28-13-7-8-14-15(9-13)16(20(22,23)24)29-33-17(14)30/h2-9,11,32H,10H2,1H3,(H,28,31). The largest absolute Gasteiger partial charge is 0.437 e. The molecule has 0 aliphatic carbocycles. The highest BCUT2D eigenvalue weighted by Crippen LogP contribution is 2.39. The Morgan fingerprint density at radius 3 is 2.27 bits per heavy atom. The maximum Gasteiger partial charge on any atom is 0.437 e. The summed E-state index contributed by atoms with van der Waals surface area (Å²) in [6.07, 6.45) is -11.5. The number of benzene rings is 2. The first-order valence-corrected chi connectivity index (χ1v) is 9.40. The number of carbonyl (C=O) groups excluding carboxylic acids is 1. The Labute approximate surface area is 181 Å². The Morgan fingerprint density at radius 2 is 1.70 bits per heavy atom. The molecule has 0 spiro atoms. The summed E-state index contributed by atoms with van der Waals surface area (Å²) >= 11 is 0. The smallest absolute Gasteiger partial charge is 0.373 e. The molecule has 6 nitrogen and oxygen atoms in total. The molecule has 176 valence electrons. The van der Waals surface area contributed by atoms with Crippen LogP contribution in [0.5, 0.6) is 0 Å². The number of hydrogen-bond donors (Lipinski definition) is 2. The van der Waals surface area contributed by atoms with Crippen molar-refractivity contribution >= 4 is 22.4 Å². The zero-order valence-electron chi connectivity index (χ0n) is 16.8. The summed E-state index contributed by atoms with van der Waals surface area (Å²) in [7, 11) is 0. The van der Waals surface area contributed by atoms with Crippen LogP contribution >= 0.6 is 0 Å². The quantitative estimate of drug-likeness (QED) is 0.526. The highest BCUT2D eigenvalue weighted by molar-refractivity contribution is 5.99. The maximum atomic E-state index is 13.7. The van der Waals surface area contributed by atoms with E-state index in [4.69, 9.17) is 0 Å². The minimum atomic E-state index is -5.39. The molecule has 2 atom stereocenters. The molecule has 0 saturated heterocycles. The first kappa shape index (κ1) is 24.2. The van der Waals surface area contributed by atoms with Crippen molar-refractivity contribution in [1.29, 1.82) is 0 Å². The summed E-state index contributed by atoms with van der Waals surface area (Å²) in [5, 5.41) is 13.5. The highest BCUT2D eigenvalue weighted by atomic mass is 19.4. The van der Waals surface area contributed by atoms with Crippen LogP contribution in [0, 0.1) is 0 Å². The van der Waals surface area contributed by atoms with Crippen LogP contribution in [0.2, 0.25) is 0 Å². The fourth-order valence-corrected chi connectivity index (χ4v) is 3.30. The topological polar surface area (TPSA) is 92.4 Å². The molecule has 1 aromatic heterocycles. The molecule has 0 saturated carbocycles. The van der Waals surface area contributed by atoms with Gasteiger partial charge in [-0.05, 0) is 29.7 Å². The van der Waals surface area contributed by atoms with Gasteiger partial charge in [0.1, 0.15) is 0 Å². The monoisotopic (exact) mass is 474 g/mol. The van der Waals surface area contributed by atoms with Crippen molar-refractivity contribution < 1.29 is 40.8 Å². The SMILES string of the molecule is CC(CC(O)(C(=O)Nc1ccc2c(=O)onc(C(F)(F)F)c2c1)C(F)(F)F)c1ccccc1. The van der Waals surface area contributed by atoms with Gasteiger partial charge in [0, 0.05) is 17.5 Å². The zero-order valence-corrected chi connectivity index (χ0v) is 16.8. The van der Waals surface area contributed by atoms with Crippen LogP contribution in [-0.2, 0) is 11.0 Å². The van der Waals surface area contributed by atoms with E-state index in [0.717, 1.165) is 12.1 Å². The Balaban J connectivity index is 1.98. The van der Waals surface area contributed by atoms with Crippen molar-refractivity contribution in [2.24, 2.45) is 0 Å². The van der Waals surface area contributed by atoms with Crippen molar-refractivity contribution in [3.05, 3.63) is 70.2 Å². The van der Waals surface area contributed by atoms with Gasteiger partial charge in [-0.3, -0.25) is 4.79 Å². The first-order valence-electron chi connectivity index (χ1n) is 9.40. The van der Waals surface area contributed by atoms with Gasteiger partial charge in [-0.15, -0.1) is 0 Å². The minimum absolute atomic E-state index is 0.436. The van der Waals surface area contributed by atoms with Gasteiger partial charge in [-0.1, -0.05) is 42.4 Å². The number of amides is 1. The van der Waals surface area contributed by atoms with Crippen LogP contribution in [0.4, 0.5) is 32.0 Å². The molecule has 0 fully saturated rings. The molecule has 2 unspecified atom stereocenters. The Bertz CT molecular complexity index is 1220. The highest BCUT2D eigenvalue weighted by Gasteiger charge is 2.59. The zero-order chi connectivity index (χ0) is 24.6. The molecule has 33 heavy (non-hydrogen) atoms. The third-order valence-electron chi connectivity index (χ3n) is 5.06. The molecular formula is C21H16F6N2O4. The minimum Gasteiger partial charge on any atom is -0.373 e. The number of fused-ring (bicyclic) bond motifs is 1. The molecule has 1 heterocycles. The number of aromatic nitrogens is 1. The molecule has 3 aromatic rings. The third kappa shape index (κ3) is 4.85. The first-order chi connectivity index (χ1) is 15.2. The van der Waals surface area contributed by atoms with Crippen molar-refractivity contribution in [3.63, 3.8) is 0 Å². The molecule has 0 aliphatic heterocycles. The maximum absolute atomic E-state index is 13.7. The summed E-state index contributed by atoms with van der Waals surface area (Å²) in [6, 6.07) is 10.2. The average Bonchev–Trinajstić information content (AvgIpc) is 2.72. The number of nitrogens with zero attached hydrogens (tertiary/aromatic N) is 1. The summed E-state index contributed by atoms with van der Waals surface area (Å²) < 4.78 is 84.9. The number of hydrogen-bond acceptors (Lipinski definition) is 5. The number of alkyl halides is 6. The van der Waals surface area contributed by atoms with E-state index in [-0.39, 0.29) is 0 Å². The molecule has 0 bridgehead atoms. The lowest BCUT2D eigenvalue weighted by molar-refractivity contribution is -0.252. The van der Waals surface area contributed by atoms with Crippen LogP contribution in [0.1, 0.15) is 30.5 Å². The second-order valence-corrected chi connectivity index (χ2v) is 7.40. The molecule has 0 radical (unpaired) electrons. The van der Waals surface area contributed by atoms with Gasteiger partial charge in [0.25, 0.3) is 5.91 Å². The number of halogens is 6. The predicted octanol–water partition coefficient (Wildman–Crippen LogP) is 4.63. The summed E-state index contributed by atoms with van der Waals surface area (Å²) in [4.78, 5) is 24.2. The molecule has 0 aliphatic rings. The Kier molecular flexibility index (Phi) is 6.25. The molecule has 2 N–H and O–H groups in total. The van der Waals surface area contributed by atoms with E-state index in [0.29, 0.717) is 11.6 Å². The van der Waals surface area contributed by atoms with Crippen molar-refractivity contribution in [2.75, 3.05) is 5.32 Å². The lowest BCUT2D eigenvalue weighted by atomic mass is 9.85. The fraction of sp³-hybridized carbons (Fsp3) is 0.286. The number of carbonyl (C=O) groups is 1. The van der Waals surface area contributed by atoms with Gasteiger partial charge >= 0.3 is 18.0 Å². The van der Waals surface area contributed by atoms with E-state index in [1.165, 1.54) is 19.1 Å². The van der Waals surface area contributed by atoms with Crippen LogP contribution in [-0.4, -0.2) is 27.9 Å². The van der Waals surface area contributed by atoms with Crippen LogP contribution in [0.15, 0.2) is 57.8 Å². The third-order valence-corrected chi connectivity index (χ3v) is 5.06. The molecule has 3 rings (SSSR count). The van der Waals surface area contributed by atoms with Gasteiger partial charge in [-0.25, -0.2) is 4.79 Å². The van der Waals surface area contributed by atoms with Crippen LogP contribution < -0.4 is 10.9 Å². The summed E-state index contributed by atoms with van der Waals surface area (Å²) in [5.74, 6) is -2.78. The average molecular weight is 474 g/mol. The Hall–Kier alpha value is -3.41. The van der Waals surface area contributed by atoms with Crippen molar-refractivity contribution in [2.45, 2.75) is 37.2 Å². The lowest BCUT2D eigenvalue weighted by Crippen LogP contribution is -2.55. The van der Waals surface area contributed by atoms with Crippen molar-refractivity contribution in [3.8, 4) is 0 Å². The van der Waals surface area contributed by atoms with Gasteiger partial charge < -0.3 is 14.9 Å². The summed E-state index contributed by atoms with van der Waals surface area (Å²) in [6.45, 7) is 1.38. The molecular weight excluding hydrogens is 458 g/mol. The van der Waals surface area contributed by atoms with Crippen LogP contribution in [0.3, 0.4) is 0 Å². The fourth-order valence-electron chi connectivity index (χ4n) is 3.30. The predicted molar refractivity (Wildman–Crippen MR) is 104 cm³/mol. The van der Waals surface area contributed by atoms with E-state index in [9.17, 15) is 41.0 Å². The second kappa shape index (κ2) is 8.50. The van der Waals surface area contributed by atoms with E-state index in [1.54, 1.807) is 23.5 Å². The number of aliphatic hydroxyl groups is 1. The normalized spacial score (nSPS) is 15.2. The van der Waals surface area contributed by atoms with E-state index >= 15 is 0 Å². The van der Waals surface area contributed by atoms with Gasteiger partial charge in [0.2, 0.25) is 5.60 Å². The number of nitrogens with one attached hydrogen (secondary N) is 1. The van der Waals surface area contributed by atoms with Gasteiger partial charge in [-0.2, -0.15) is 26.3 Å². The lowest BCUT2D eigenvalue weighted by Gasteiger charge is -2.31. The van der Waals surface area contributed by atoms with Gasteiger partial charge in [0.05, 0.1) is 5.39 Å². The Morgan fingerprint density at radius 1 is 1.06 bits per heavy atom. The molecule has 2 aromatic carbocycles. The second-order valence-electron chi connectivity index (χ2n) is 7.40. The van der Waals surface area contributed by atoms with Gasteiger partial charge in [0.15, 0.2) is 5.69 Å².